The van der Waals surface area contributed by atoms with Gasteiger partial charge in [-0.1, -0.05) is 43.7 Å². The summed E-state index contributed by atoms with van der Waals surface area (Å²) in [7, 11) is -3.99. The summed E-state index contributed by atoms with van der Waals surface area (Å²) in [5.74, 6) is -0.572. The molecule has 10 heteroatoms. The zero-order valence-electron chi connectivity index (χ0n) is 21.3. The minimum Gasteiger partial charge on any atom is -0.367 e. The molecule has 3 aromatic rings. The quantitative estimate of drug-likeness (QED) is 0.426. The van der Waals surface area contributed by atoms with Crippen molar-refractivity contribution in [2.45, 2.75) is 38.1 Å². The minimum atomic E-state index is -3.99. The van der Waals surface area contributed by atoms with Gasteiger partial charge in [0.2, 0.25) is 15.9 Å². The van der Waals surface area contributed by atoms with Crippen LogP contribution in [0.25, 0.3) is 10.8 Å². The number of piperazine rings is 1. The highest BCUT2D eigenvalue weighted by Gasteiger charge is 2.31. The fourth-order valence-corrected chi connectivity index (χ4v) is 6.34. The highest BCUT2D eigenvalue weighted by molar-refractivity contribution is 7.89. The van der Waals surface area contributed by atoms with Crippen molar-refractivity contribution in [1.82, 2.24) is 13.8 Å². The van der Waals surface area contributed by atoms with Gasteiger partial charge in [-0.2, -0.15) is 4.31 Å². The van der Waals surface area contributed by atoms with E-state index in [-0.39, 0.29) is 41.6 Å². The minimum absolute atomic E-state index is 0.00792. The lowest BCUT2D eigenvalue weighted by Gasteiger charge is -2.35. The Bertz CT molecular complexity index is 1430. The summed E-state index contributed by atoms with van der Waals surface area (Å²) in [6.45, 7) is 5.80. The molecule has 0 N–H and O–H groups in total. The van der Waals surface area contributed by atoms with E-state index in [2.05, 4.69) is 0 Å². The van der Waals surface area contributed by atoms with E-state index in [0.29, 0.717) is 37.3 Å². The molecule has 0 bridgehead atoms. The fourth-order valence-electron chi connectivity index (χ4n) is 4.70. The van der Waals surface area contributed by atoms with Crippen LogP contribution >= 0.6 is 0 Å². The smallest absolute Gasteiger partial charge is 0.258 e. The van der Waals surface area contributed by atoms with Crippen molar-refractivity contribution in [3.8, 4) is 0 Å². The van der Waals surface area contributed by atoms with Gasteiger partial charge >= 0.3 is 0 Å². The molecule has 0 radical (unpaired) electrons. The molecule has 1 amide bonds. The lowest BCUT2D eigenvalue weighted by molar-refractivity contribution is -0.131. The van der Waals surface area contributed by atoms with E-state index >= 15 is 0 Å². The summed E-state index contributed by atoms with van der Waals surface area (Å²) >= 11 is 0. The number of rotatable bonds is 9. The van der Waals surface area contributed by atoms with Gasteiger partial charge in [0.15, 0.2) is 0 Å². The monoisotopic (exact) mass is 528 g/mol. The second-order valence-electron chi connectivity index (χ2n) is 9.14. The topological polar surface area (TPSA) is 82.9 Å². The third-order valence-corrected chi connectivity index (χ3v) is 8.75. The molecule has 1 saturated heterocycles. The molecule has 0 aliphatic carbocycles. The van der Waals surface area contributed by atoms with Crippen molar-refractivity contribution in [3.63, 3.8) is 0 Å². The van der Waals surface area contributed by atoms with E-state index in [1.807, 2.05) is 18.7 Å². The van der Waals surface area contributed by atoms with E-state index in [0.717, 1.165) is 12.8 Å². The average molecular weight is 529 g/mol. The van der Waals surface area contributed by atoms with E-state index in [4.69, 9.17) is 0 Å². The first kappa shape index (κ1) is 26.8. The summed E-state index contributed by atoms with van der Waals surface area (Å²) in [4.78, 5) is 29.7. The molecular weight excluding hydrogens is 495 g/mol. The predicted molar refractivity (Wildman–Crippen MR) is 143 cm³/mol. The molecular formula is C27H33FN4O4S. The lowest BCUT2D eigenvalue weighted by Crippen LogP contribution is -2.49. The summed E-state index contributed by atoms with van der Waals surface area (Å²) < 4.78 is 44.4. The number of benzene rings is 2. The Morgan fingerprint density at radius 2 is 1.62 bits per heavy atom. The van der Waals surface area contributed by atoms with Gasteiger partial charge in [0, 0.05) is 56.2 Å². The van der Waals surface area contributed by atoms with Gasteiger partial charge in [0.05, 0.1) is 5.69 Å². The highest BCUT2D eigenvalue weighted by atomic mass is 32.2. The number of anilines is 1. The van der Waals surface area contributed by atoms with Crippen LogP contribution in [0, 0.1) is 5.82 Å². The van der Waals surface area contributed by atoms with Crippen LogP contribution in [0.4, 0.5) is 10.1 Å². The molecule has 0 atom stereocenters. The second-order valence-corrected chi connectivity index (χ2v) is 11.0. The van der Waals surface area contributed by atoms with Gasteiger partial charge in [-0.3, -0.25) is 9.59 Å². The lowest BCUT2D eigenvalue weighted by atomic mass is 10.2. The number of aromatic nitrogens is 1. The molecule has 198 valence electrons. The molecule has 4 rings (SSSR count). The highest BCUT2D eigenvalue weighted by Crippen LogP contribution is 2.27. The van der Waals surface area contributed by atoms with Crippen molar-refractivity contribution in [2.75, 3.05) is 44.2 Å². The molecule has 2 heterocycles. The zero-order chi connectivity index (χ0) is 26.6. The van der Waals surface area contributed by atoms with Crippen molar-refractivity contribution in [3.05, 3.63) is 70.9 Å². The molecule has 0 unspecified atom stereocenters. The first-order valence-electron chi connectivity index (χ1n) is 12.7. The molecule has 0 saturated carbocycles. The van der Waals surface area contributed by atoms with Gasteiger partial charge in [0.25, 0.3) is 5.56 Å². The van der Waals surface area contributed by atoms with Crippen LogP contribution in [0.15, 0.2) is 64.4 Å². The van der Waals surface area contributed by atoms with E-state index in [1.54, 1.807) is 47.4 Å². The van der Waals surface area contributed by atoms with Crippen LogP contribution in [-0.4, -0.2) is 67.4 Å². The summed E-state index contributed by atoms with van der Waals surface area (Å²) in [5.41, 5.74) is 0.0411. The number of likely N-dealkylation sites (N-methyl/N-ethyl adjacent to an activating group) is 1. The third-order valence-electron chi connectivity index (χ3n) is 6.83. The number of hydrogen-bond donors (Lipinski definition) is 0. The van der Waals surface area contributed by atoms with Crippen LogP contribution in [-0.2, 0) is 21.4 Å². The third kappa shape index (κ3) is 5.55. The van der Waals surface area contributed by atoms with Gasteiger partial charge in [0.1, 0.15) is 17.3 Å². The molecule has 0 spiro atoms. The van der Waals surface area contributed by atoms with Crippen molar-refractivity contribution < 1.29 is 17.6 Å². The van der Waals surface area contributed by atoms with Crippen LogP contribution < -0.4 is 10.5 Å². The van der Waals surface area contributed by atoms with Crippen molar-refractivity contribution in [2.24, 2.45) is 0 Å². The number of carbonyl (C=O) groups is 1. The van der Waals surface area contributed by atoms with Crippen molar-refractivity contribution >= 4 is 32.4 Å². The zero-order valence-corrected chi connectivity index (χ0v) is 22.1. The molecule has 1 aliphatic rings. The molecule has 1 aliphatic heterocycles. The predicted octanol–water partition coefficient (Wildman–Crippen LogP) is 3.30. The normalized spacial score (nSPS) is 14.7. The molecule has 1 fully saturated rings. The van der Waals surface area contributed by atoms with Gasteiger partial charge in [-0.25, -0.2) is 12.8 Å². The Labute approximate surface area is 217 Å². The Balaban J connectivity index is 1.65. The van der Waals surface area contributed by atoms with Crippen molar-refractivity contribution in [1.29, 1.82) is 0 Å². The number of fused-ring (bicyclic) bond motifs is 1. The molecule has 1 aromatic heterocycles. The summed E-state index contributed by atoms with van der Waals surface area (Å²) in [5, 5.41) is 0.573. The molecule has 8 nitrogen and oxygen atoms in total. The Morgan fingerprint density at radius 3 is 2.27 bits per heavy atom. The first-order valence-corrected chi connectivity index (χ1v) is 14.1. The number of pyridine rings is 1. The Hall–Kier alpha value is -3.24. The maximum absolute atomic E-state index is 14.2. The number of unbranched alkanes of at least 4 members (excludes halogenated alkanes) is 1. The SMILES string of the molecule is CCCCN(CC)C(=O)Cn1cc(S(=O)(=O)N2CCN(c3ccccc3F)CC2)c2ccccc2c1=O. The van der Waals surface area contributed by atoms with Gasteiger partial charge in [-0.15, -0.1) is 0 Å². The fraction of sp³-hybridized carbons (Fsp3) is 0.407. The summed E-state index contributed by atoms with van der Waals surface area (Å²) in [6.07, 6.45) is 3.09. The van der Waals surface area contributed by atoms with Crippen LogP contribution in [0.1, 0.15) is 26.7 Å². The number of hydrogen-bond acceptors (Lipinski definition) is 5. The number of nitrogens with zero attached hydrogens (tertiary/aromatic N) is 4. The number of halogens is 1. The maximum atomic E-state index is 14.2. The van der Waals surface area contributed by atoms with E-state index in [9.17, 15) is 22.4 Å². The van der Waals surface area contributed by atoms with Crippen LogP contribution in [0.2, 0.25) is 0 Å². The number of para-hydroxylation sites is 1. The van der Waals surface area contributed by atoms with Crippen LogP contribution in [0.3, 0.4) is 0 Å². The summed E-state index contributed by atoms with van der Waals surface area (Å²) in [6, 6.07) is 13.0. The number of carbonyl (C=O) groups excluding carboxylic acids is 1. The average Bonchev–Trinajstić information content (AvgIpc) is 2.91. The standard InChI is InChI=1S/C27H33FN4O4S/c1-3-5-14-29(4-2)26(33)20-31-19-25(21-10-6-7-11-22(21)27(31)34)37(35,36)32-17-15-30(16-18-32)24-13-9-8-12-23(24)28/h6-13,19H,3-5,14-18,20H2,1-2H3. The molecule has 2 aromatic carbocycles. The second kappa shape index (κ2) is 11.4. The maximum Gasteiger partial charge on any atom is 0.258 e. The number of amides is 1. The number of sulfonamides is 1. The van der Waals surface area contributed by atoms with Crippen LogP contribution in [0.5, 0.6) is 0 Å². The largest absolute Gasteiger partial charge is 0.367 e. The first-order chi connectivity index (χ1) is 17.8. The van der Waals surface area contributed by atoms with E-state index < -0.39 is 15.6 Å². The Morgan fingerprint density at radius 1 is 0.973 bits per heavy atom. The Kier molecular flexibility index (Phi) is 8.29. The molecule has 37 heavy (non-hydrogen) atoms. The van der Waals surface area contributed by atoms with Gasteiger partial charge in [-0.05, 0) is 31.5 Å². The van der Waals surface area contributed by atoms with E-state index in [1.165, 1.54) is 21.1 Å². The van der Waals surface area contributed by atoms with Gasteiger partial charge < -0.3 is 14.4 Å².